The molecule has 2 bridgehead atoms. The van der Waals surface area contributed by atoms with Crippen LogP contribution in [0.2, 0.25) is 0 Å². The van der Waals surface area contributed by atoms with E-state index in [0.29, 0.717) is 11.7 Å². The minimum atomic E-state index is -0.191. The van der Waals surface area contributed by atoms with Crippen LogP contribution in [0.15, 0.2) is 11.0 Å². The van der Waals surface area contributed by atoms with Crippen LogP contribution < -0.4 is 0 Å². The Labute approximate surface area is 126 Å². The van der Waals surface area contributed by atoms with Crippen molar-refractivity contribution in [3.05, 3.63) is 11.0 Å². The predicted octanol–water partition coefficient (Wildman–Crippen LogP) is 4.39. The summed E-state index contributed by atoms with van der Waals surface area (Å²) in [6, 6.07) is 0. The minimum Gasteiger partial charge on any atom is -0.299 e. The molecule has 2 saturated carbocycles. The number of unbranched alkanes of at least 4 members (excludes halogenated alkanes) is 1. The van der Waals surface area contributed by atoms with Crippen molar-refractivity contribution in [2.75, 3.05) is 5.75 Å². The van der Waals surface area contributed by atoms with Crippen LogP contribution in [0, 0.1) is 16.7 Å². The smallest absolute Gasteiger partial charge is 0.165 e. The molecule has 2 atom stereocenters. The van der Waals surface area contributed by atoms with Crippen molar-refractivity contribution in [2.24, 2.45) is 16.7 Å². The van der Waals surface area contributed by atoms with Crippen LogP contribution >= 0.6 is 11.8 Å². The van der Waals surface area contributed by atoms with Gasteiger partial charge in [0.05, 0.1) is 0 Å². The molecule has 2 fully saturated rings. The SMILES string of the molecule is CCC/C=C(\SCC12CCC(CC1=O)C2(C)C)C(C)=O. The second kappa shape index (κ2) is 5.67. The molecule has 0 saturated heterocycles. The average molecular weight is 294 g/mol. The van der Waals surface area contributed by atoms with Gasteiger partial charge in [0.2, 0.25) is 0 Å². The molecule has 0 spiro atoms. The van der Waals surface area contributed by atoms with Crippen LogP contribution in [0.3, 0.4) is 0 Å². The number of carbonyl (C=O) groups is 2. The molecule has 0 aromatic heterocycles. The van der Waals surface area contributed by atoms with Crippen LogP contribution in [0.4, 0.5) is 0 Å². The Bertz CT molecular complexity index is 450. The zero-order chi connectivity index (χ0) is 15.0. The lowest BCUT2D eigenvalue weighted by Crippen LogP contribution is -2.38. The fourth-order valence-corrected chi connectivity index (χ4v) is 5.41. The van der Waals surface area contributed by atoms with E-state index >= 15 is 0 Å². The molecule has 0 aliphatic heterocycles. The quantitative estimate of drug-likeness (QED) is 0.681. The van der Waals surface area contributed by atoms with Crippen molar-refractivity contribution in [1.29, 1.82) is 0 Å². The Hall–Kier alpha value is -0.570. The number of thioether (sulfide) groups is 1. The number of Topliss-reactive ketones (excluding diaryl/α,β-unsaturated/α-hetero) is 2. The van der Waals surface area contributed by atoms with Crippen molar-refractivity contribution < 1.29 is 9.59 Å². The molecule has 2 aliphatic rings. The maximum atomic E-state index is 12.5. The largest absolute Gasteiger partial charge is 0.299 e. The highest BCUT2D eigenvalue weighted by Gasteiger charge is 2.63. The Kier molecular flexibility index (Phi) is 4.48. The summed E-state index contributed by atoms with van der Waals surface area (Å²) in [6.45, 7) is 8.24. The van der Waals surface area contributed by atoms with Gasteiger partial charge in [-0.25, -0.2) is 0 Å². The van der Waals surface area contributed by atoms with Crippen LogP contribution in [0.25, 0.3) is 0 Å². The van der Waals surface area contributed by atoms with Gasteiger partial charge in [0, 0.05) is 22.5 Å². The maximum Gasteiger partial charge on any atom is 0.165 e. The number of ketones is 2. The molecule has 2 rings (SSSR count). The van der Waals surface area contributed by atoms with Gasteiger partial charge in [-0.1, -0.05) is 33.3 Å². The van der Waals surface area contributed by atoms with E-state index in [1.54, 1.807) is 18.7 Å². The third kappa shape index (κ3) is 2.38. The number of hydrogen-bond acceptors (Lipinski definition) is 3. The highest BCUT2D eigenvalue weighted by Crippen LogP contribution is 2.65. The number of allylic oxidation sites excluding steroid dienone is 2. The molecule has 0 aromatic rings. The van der Waals surface area contributed by atoms with Gasteiger partial charge in [0.1, 0.15) is 5.78 Å². The number of fused-ring (bicyclic) bond motifs is 2. The molecule has 2 unspecified atom stereocenters. The fourth-order valence-electron chi connectivity index (χ4n) is 3.89. The van der Waals surface area contributed by atoms with Crippen molar-refractivity contribution in [3.63, 3.8) is 0 Å². The predicted molar refractivity (Wildman–Crippen MR) is 84.7 cm³/mol. The zero-order valence-electron chi connectivity index (χ0n) is 13.1. The van der Waals surface area contributed by atoms with E-state index < -0.39 is 0 Å². The van der Waals surface area contributed by atoms with E-state index in [-0.39, 0.29) is 16.6 Å². The second-order valence-corrected chi connectivity index (χ2v) is 7.89. The van der Waals surface area contributed by atoms with Gasteiger partial charge in [0.15, 0.2) is 5.78 Å². The lowest BCUT2D eigenvalue weighted by Gasteiger charge is -2.36. The summed E-state index contributed by atoms with van der Waals surface area (Å²) < 4.78 is 0. The molecule has 0 radical (unpaired) electrons. The number of carbonyl (C=O) groups excluding carboxylic acids is 2. The zero-order valence-corrected chi connectivity index (χ0v) is 13.9. The lowest BCUT2D eigenvalue weighted by atomic mass is 9.70. The van der Waals surface area contributed by atoms with Crippen LogP contribution in [-0.2, 0) is 9.59 Å². The van der Waals surface area contributed by atoms with Crippen molar-refractivity contribution >= 4 is 23.3 Å². The lowest BCUT2D eigenvalue weighted by molar-refractivity contribution is -0.128. The Balaban J connectivity index is 2.13. The molecule has 112 valence electrons. The number of rotatable bonds is 6. The van der Waals surface area contributed by atoms with Gasteiger partial charge in [-0.2, -0.15) is 0 Å². The fraction of sp³-hybridized carbons (Fsp3) is 0.765. The monoisotopic (exact) mass is 294 g/mol. The summed E-state index contributed by atoms with van der Waals surface area (Å²) in [5.74, 6) is 1.91. The average Bonchev–Trinajstić information content (AvgIpc) is 2.72. The Morgan fingerprint density at radius 3 is 2.60 bits per heavy atom. The van der Waals surface area contributed by atoms with Gasteiger partial charge in [0.25, 0.3) is 0 Å². The van der Waals surface area contributed by atoms with Gasteiger partial charge >= 0.3 is 0 Å². The minimum absolute atomic E-state index is 0.101. The Morgan fingerprint density at radius 1 is 1.45 bits per heavy atom. The first-order valence-corrected chi connectivity index (χ1v) is 8.71. The summed E-state index contributed by atoms with van der Waals surface area (Å²) in [6.07, 6.45) is 6.97. The molecular formula is C17H26O2S. The van der Waals surface area contributed by atoms with Gasteiger partial charge in [-0.15, -0.1) is 11.8 Å². The van der Waals surface area contributed by atoms with Gasteiger partial charge < -0.3 is 0 Å². The van der Waals surface area contributed by atoms with E-state index in [1.165, 1.54) is 6.42 Å². The molecular weight excluding hydrogens is 268 g/mol. The summed E-state index contributed by atoms with van der Waals surface area (Å²) in [5.41, 5.74) is -0.0904. The molecule has 2 aliphatic carbocycles. The molecule has 3 heteroatoms. The molecule has 20 heavy (non-hydrogen) atoms. The van der Waals surface area contributed by atoms with Crippen LogP contribution in [0.1, 0.15) is 59.8 Å². The molecule has 0 N–H and O–H groups in total. The summed E-state index contributed by atoms with van der Waals surface area (Å²) in [5, 5.41) is 0. The third-order valence-electron chi connectivity index (χ3n) is 5.58. The van der Waals surface area contributed by atoms with Crippen LogP contribution in [0.5, 0.6) is 0 Å². The van der Waals surface area contributed by atoms with Gasteiger partial charge in [-0.05, 0) is 37.5 Å². The summed E-state index contributed by atoms with van der Waals surface area (Å²) >= 11 is 1.61. The molecule has 0 amide bonds. The van der Waals surface area contributed by atoms with E-state index in [9.17, 15) is 9.59 Å². The first kappa shape index (κ1) is 15.8. The van der Waals surface area contributed by atoms with E-state index in [1.807, 2.05) is 6.08 Å². The first-order chi connectivity index (χ1) is 9.35. The summed E-state index contributed by atoms with van der Waals surface area (Å²) in [4.78, 5) is 25.0. The molecule has 2 nitrogen and oxygen atoms in total. The highest BCUT2D eigenvalue weighted by atomic mass is 32.2. The van der Waals surface area contributed by atoms with Crippen LogP contribution in [-0.4, -0.2) is 17.3 Å². The van der Waals surface area contributed by atoms with E-state index in [0.717, 1.165) is 36.3 Å². The second-order valence-electron chi connectivity index (χ2n) is 6.87. The van der Waals surface area contributed by atoms with Crippen molar-refractivity contribution in [1.82, 2.24) is 0 Å². The normalized spacial score (nSPS) is 31.9. The van der Waals surface area contributed by atoms with Crippen molar-refractivity contribution in [2.45, 2.75) is 59.8 Å². The maximum absolute atomic E-state index is 12.5. The van der Waals surface area contributed by atoms with Crippen molar-refractivity contribution in [3.8, 4) is 0 Å². The molecule has 0 aromatic carbocycles. The number of hydrogen-bond donors (Lipinski definition) is 0. The summed E-state index contributed by atoms with van der Waals surface area (Å²) in [7, 11) is 0. The van der Waals surface area contributed by atoms with E-state index in [2.05, 4.69) is 20.8 Å². The first-order valence-electron chi connectivity index (χ1n) is 7.72. The molecule has 0 heterocycles. The Morgan fingerprint density at radius 2 is 2.15 bits per heavy atom. The van der Waals surface area contributed by atoms with Gasteiger partial charge in [-0.3, -0.25) is 9.59 Å². The van der Waals surface area contributed by atoms with E-state index in [4.69, 9.17) is 0 Å². The standard InChI is InChI=1S/C17H26O2S/c1-5-6-7-14(12(2)18)20-11-17-9-8-13(10-15(17)19)16(17,3)4/h7,13H,5-6,8-11H2,1-4H3/b14-7-. The third-order valence-corrected chi connectivity index (χ3v) is 6.98. The topological polar surface area (TPSA) is 34.1 Å². The highest BCUT2D eigenvalue weighted by molar-refractivity contribution is 8.04.